The van der Waals surface area contributed by atoms with Crippen LogP contribution in [0.4, 0.5) is 17.5 Å². The number of nitrogens with zero attached hydrogens (tertiary/aromatic N) is 3. The summed E-state index contributed by atoms with van der Waals surface area (Å²) >= 11 is 0. The number of aromatic nitrogens is 4. The van der Waals surface area contributed by atoms with Crippen molar-refractivity contribution in [2.45, 2.75) is 38.3 Å². The molecule has 0 spiro atoms. The molecule has 138 valence electrons. The van der Waals surface area contributed by atoms with Gasteiger partial charge in [0.15, 0.2) is 11.4 Å². The monoisotopic (exact) mass is 363 g/mol. The van der Waals surface area contributed by atoms with Gasteiger partial charge in [-0.05, 0) is 44.4 Å². The molecule has 27 heavy (non-hydrogen) atoms. The quantitative estimate of drug-likeness (QED) is 0.438. The minimum atomic E-state index is 0.248. The van der Waals surface area contributed by atoms with Crippen LogP contribution in [0.15, 0.2) is 34.9 Å². The minimum absolute atomic E-state index is 0.248. The van der Waals surface area contributed by atoms with E-state index in [-0.39, 0.29) is 6.04 Å². The highest BCUT2D eigenvalue weighted by atomic mass is 16.3. The van der Waals surface area contributed by atoms with E-state index >= 15 is 0 Å². The van der Waals surface area contributed by atoms with Crippen LogP contribution in [0.25, 0.3) is 22.0 Å². The van der Waals surface area contributed by atoms with Gasteiger partial charge in [-0.1, -0.05) is 0 Å². The third kappa shape index (κ3) is 2.97. The Bertz CT molecular complexity index is 1120. The first-order chi connectivity index (χ1) is 13.2. The number of fused-ring (bicyclic) bond motifs is 2. The summed E-state index contributed by atoms with van der Waals surface area (Å²) in [4.78, 5) is 9.20. The van der Waals surface area contributed by atoms with Crippen molar-refractivity contribution in [1.29, 1.82) is 0 Å². The normalized spacial score (nSPS) is 19.8. The van der Waals surface area contributed by atoms with E-state index in [9.17, 15) is 0 Å². The summed E-state index contributed by atoms with van der Waals surface area (Å²) < 4.78 is 5.59. The first-order valence-corrected chi connectivity index (χ1v) is 9.15. The van der Waals surface area contributed by atoms with Crippen molar-refractivity contribution in [3.63, 3.8) is 0 Å². The number of hydrogen-bond donors (Lipinski definition) is 4. The minimum Gasteiger partial charge on any atom is -0.459 e. The van der Waals surface area contributed by atoms with Crippen LogP contribution in [0.2, 0.25) is 0 Å². The first-order valence-electron chi connectivity index (χ1n) is 9.15. The van der Waals surface area contributed by atoms with E-state index in [2.05, 4.69) is 30.8 Å². The Hall–Kier alpha value is -3.13. The van der Waals surface area contributed by atoms with Crippen LogP contribution in [0, 0.1) is 6.92 Å². The average molecular weight is 363 g/mol. The molecule has 1 aliphatic rings. The van der Waals surface area contributed by atoms with Crippen LogP contribution in [0.1, 0.15) is 25.0 Å². The van der Waals surface area contributed by atoms with Gasteiger partial charge in [0.25, 0.3) is 0 Å². The van der Waals surface area contributed by atoms with E-state index in [0.29, 0.717) is 23.4 Å². The summed E-state index contributed by atoms with van der Waals surface area (Å²) in [6, 6.07) is 8.40. The fourth-order valence-electron chi connectivity index (χ4n) is 3.71. The predicted molar refractivity (Wildman–Crippen MR) is 105 cm³/mol. The molecule has 1 aliphatic carbocycles. The Balaban J connectivity index is 1.46. The fraction of sp³-hybridized carbons (Fsp3) is 0.316. The zero-order chi connectivity index (χ0) is 18.4. The third-order valence-corrected chi connectivity index (χ3v) is 5.12. The van der Waals surface area contributed by atoms with Gasteiger partial charge in [0.1, 0.15) is 5.52 Å². The van der Waals surface area contributed by atoms with E-state index in [4.69, 9.17) is 10.2 Å². The van der Waals surface area contributed by atoms with Crippen molar-refractivity contribution in [3.05, 3.63) is 36.2 Å². The Morgan fingerprint density at radius 2 is 2.11 bits per heavy atom. The molecule has 5 rings (SSSR count). The van der Waals surface area contributed by atoms with Crippen LogP contribution >= 0.6 is 0 Å². The molecule has 3 aromatic heterocycles. The maximum atomic E-state index is 6.03. The summed E-state index contributed by atoms with van der Waals surface area (Å²) in [5.74, 6) is 1.21. The largest absolute Gasteiger partial charge is 0.459 e. The highest BCUT2D eigenvalue weighted by molar-refractivity contribution is 5.87. The summed E-state index contributed by atoms with van der Waals surface area (Å²) in [7, 11) is 0. The lowest BCUT2D eigenvalue weighted by Crippen LogP contribution is -2.21. The molecular formula is C19H21N7O. The highest BCUT2D eigenvalue weighted by Crippen LogP contribution is 2.29. The number of aromatic amines is 1. The second-order valence-electron chi connectivity index (χ2n) is 7.15. The van der Waals surface area contributed by atoms with Gasteiger partial charge < -0.3 is 20.8 Å². The topological polar surface area (TPSA) is 118 Å². The van der Waals surface area contributed by atoms with Crippen molar-refractivity contribution in [2.24, 2.45) is 5.73 Å². The Labute approximate surface area is 155 Å². The zero-order valence-corrected chi connectivity index (χ0v) is 15.0. The summed E-state index contributed by atoms with van der Waals surface area (Å²) in [5, 5.41) is 15.2. The zero-order valence-electron chi connectivity index (χ0n) is 15.0. The van der Waals surface area contributed by atoms with Gasteiger partial charge in [-0.2, -0.15) is 10.1 Å². The number of anilines is 3. The second-order valence-corrected chi connectivity index (χ2v) is 7.15. The highest BCUT2D eigenvalue weighted by Gasteiger charge is 2.23. The van der Waals surface area contributed by atoms with Crippen LogP contribution < -0.4 is 16.4 Å². The van der Waals surface area contributed by atoms with Gasteiger partial charge in [0.05, 0.1) is 11.8 Å². The number of nitrogens with two attached hydrogens (primary N) is 1. The molecule has 0 radical (unpaired) electrons. The number of H-pyrrole nitrogens is 1. The molecule has 4 aromatic rings. The summed E-state index contributed by atoms with van der Waals surface area (Å²) in [6.07, 6.45) is 4.63. The molecule has 0 saturated heterocycles. The number of nitrogens with one attached hydrogen (secondary N) is 3. The Morgan fingerprint density at radius 3 is 2.96 bits per heavy atom. The maximum absolute atomic E-state index is 6.03. The molecule has 5 N–H and O–H groups in total. The van der Waals surface area contributed by atoms with Crippen molar-refractivity contribution in [1.82, 2.24) is 20.2 Å². The average Bonchev–Trinajstić information content (AvgIpc) is 3.36. The Morgan fingerprint density at radius 1 is 1.19 bits per heavy atom. The van der Waals surface area contributed by atoms with E-state index in [1.165, 1.54) is 0 Å². The molecule has 0 bridgehead atoms. The van der Waals surface area contributed by atoms with Gasteiger partial charge in [-0.15, -0.1) is 0 Å². The standard InChI is InChI=1S/C19H21N7O/c1-10-14-5-4-13(9-16(14)26-25-10)22-19-23-15-6-7-27-17(15)18(24-19)21-12-3-2-11(20)8-12/h4-7,9,11-12H,2-3,8,20H2,1H3,(H,25,26)(H2,21,22,23,24). The lowest BCUT2D eigenvalue weighted by molar-refractivity contribution is 0.612. The maximum Gasteiger partial charge on any atom is 0.229 e. The number of aryl methyl sites for hydroxylation is 1. The Kier molecular flexibility index (Phi) is 3.71. The van der Waals surface area contributed by atoms with E-state index in [0.717, 1.165) is 47.1 Å². The van der Waals surface area contributed by atoms with Crippen LogP contribution in [-0.2, 0) is 0 Å². The lowest BCUT2D eigenvalue weighted by Gasteiger charge is -2.14. The smallest absolute Gasteiger partial charge is 0.229 e. The number of benzene rings is 1. The van der Waals surface area contributed by atoms with Crippen molar-refractivity contribution >= 4 is 39.5 Å². The van der Waals surface area contributed by atoms with Crippen LogP contribution in [-0.4, -0.2) is 32.2 Å². The molecule has 3 heterocycles. The SMILES string of the molecule is Cc1[nH]nc2cc(Nc3nc(NC4CCC(N)C4)c4occc4n3)ccc12. The summed E-state index contributed by atoms with van der Waals surface area (Å²) in [5.41, 5.74) is 10.3. The number of hydrogen-bond acceptors (Lipinski definition) is 7. The number of furan rings is 1. The second kappa shape index (κ2) is 6.24. The molecule has 0 aliphatic heterocycles. The van der Waals surface area contributed by atoms with Crippen molar-refractivity contribution in [3.8, 4) is 0 Å². The summed E-state index contributed by atoms with van der Waals surface area (Å²) in [6.45, 7) is 2.01. The molecule has 1 saturated carbocycles. The lowest BCUT2D eigenvalue weighted by atomic mass is 10.2. The van der Waals surface area contributed by atoms with E-state index in [1.54, 1.807) is 6.26 Å². The van der Waals surface area contributed by atoms with Gasteiger partial charge in [0, 0.05) is 34.9 Å². The van der Waals surface area contributed by atoms with Crippen molar-refractivity contribution < 1.29 is 4.42 Å². The van der Waals surface area contributed by atoms with Crippen LogP contribution in [0.5, 0.6) is 0 Å². The van der Waals surface area contributed by atoms with Crippen LogP contribution in [0.3, 0.4) is 0 Å². The van der Waals surface area contributed by atoms with Gasteiger partial charge in [-0.3, -0.25) is 5.10 Å². The molecule has 0 amide bonds. The van der Waals surface area contributed by atoms with E-state index in [1.807, 2.05) is 31.2 Å². The van der Waals surface area contributed by atoms with Gasteiger partial charge >= 0.3 is 0 Å². The molecular weight excluding hydrogens is 342 g/mol. The van der Waals surface area contributed by atoms with Gasteiger partial charge in [-0.25, -0.2) is 4.98 Å². The van der Waals surface area contributed by atoms with E-state index < -0.39 is 0 Å². The molecule has 8 heteroatoms. The predicted octanol–water partition coefficient (Wildman–Crippen LogP) is 3.44. The molecule has 1 aromatic carbocycles. The first kappa shape index (κ1) is 16.1. The van der Waals surface area contributed by atoms with Crippen molar-refractivity contribution in [2.75, 3.05) is 10.6 Å². The third-order valence-electron chi connectivity index (χ3n) is 5.12. The fourth-order valence-corrected chi connectivity index (χ4v) is 3.71. The molecule has 2 atom stereocenters. The molecule has 8 nitrogen and oxygen atoms in total. The van der Waals surface area contributed by atoms with Gasteiger partial charge in [0.2, 0.25) is 5.95 Å². The number of rotatable bonds is 4. The molecule has 1 fully saturated rings. The molecule has 2 unspecified atom stereocenters.